The maximum Gasteiger partial charge on any atom is 0.337 e. The fourth-order valence-electron chi connectivity index (χ4n) is 2.19. The van der Waals surface area contributed by atoms with E-state index in [0.717, 1.165) is 11.3 Å². The van der Waals surface area contributed by atoms with Crippen molar-refractivity contribution in [3.8, 4) is 0 Å². The summed E-state index contributed by atoms with van der Waals surface area (Å²) >= 11 is 0. The molecule has 0 aliphatic rings. The van der Waals surface area contributed by atoms with Crippen LogP contribution in [0.25, 0.3) is 0 Å². The lowest BCUT2D eigenvalue weighted by atomic mass is 10.1. The van der Waals surface area contributed by atoms with Crippen molar-refractivity contribution in [1.82, 2.24) is 9.78 Å². The van der Waals surface area contributed by atoms with Gasteiger partial charge >= 0.3 is 5.97 Å². The highest BCUT2D eigenvalue weighted by Crippen LogP contribution is 2.20. The van der Waals surface area contributed by atoms with E-state index in [0.29, 0.717) is 18.2 Å². The average Bonchev–Trinajstić information content (AvgIpc) is 2.78. The number of nitrogens with zero attached hydrogens (tertiary/aromatic N) is 2. The Morgan fingerprint density at radius 3 is 2.75 bits per heavy atom. The number of nitrogens with one attached hydrogen (secondary N) is 1. The predicted molar refractivity (Wildman–Crippen MR) is 78.0 cm³/mol. The van der Waals surface area contributed by atoms with Crippen LogP contribution in [0.5, 0.6) is 0 Å². The minimum atomic E-state index is -0.927. The summed E-state index contributed by atoms with van der Waals surface area (Å²) in [5.74, 6) is -0.592. The molecule has 0 bridgehead atoms. The van der Waals surface area contributed by atoms with Crippen LogP contribution in [0.1, 0.15) is 41.4 Å². The molecule has 2 aromatic rings. The third kappa shape index (κ3) is 2.99. The smallest absolute Gasteiger partial charge is 0.337 e. The molecule has 0 saturated heterocycles. The fraction of sp³-hybridized carbons (Fsp3) is 0.333. The zero-order valence-corrected chi connectivity index (χ0v) is 11.9. The van der Waals surface area contributed by atoms with E-state index in [1.54, 1.807) is 22.9 Å². The number of aryl methyl sites for hydroxylation is 1. The van der Waals surface area contributed by atoms with Crippen molar-refractivity contribution in [2.45, 2.75) is 26.3 Å². The Hall–Kier alpha value is -2.30. The van der Waals surface area contributed by atoms with Crippen LogP contribution >= 0.6 is 0 Å². The summed E-state index contributed by atoms with van der Waals surface area (Å²) in [6.07, 6.45) is 1.96. The molecule has 2 rings (SSSR count). The SMILES string of the molecule is CC(C)c1nn(C)cc1CNc1ccccc1C(=O)O. The molecule has 1 aromatic carbocycles. The Bertz CT molecular complexity index is 617. The van der Waals surface area contributed by atoms with Crippen LogP contribution in [-0.4, -0.2) is 20.9 Å². The lowest BCUT2D eigenvalue weighted by Crippen LogP contribution is -2.07. The third-order valence-electron chi connectivity index (χ3n) is 3.11. The first-order valence-corrected chi connectivity index (χ1v) is 6.57. The number of aromatic nitrogens is 2. The Kier molecular flexibility index (Phi) is 4.08. The largest absolute Gasteiger partial charge is 0.478 e. The van der Waals surface area contributed by atoms with Crippen molar-refractivity contribution >= 4 is 11.7 Å². The molecule has 0 aliphatic heterocycles. The number of carboxylic acid groups (broad SMARTS) is 1. The van der Waals surface area contributed by atoms with Gasteiger partial charge in [0.2, 0.25) is 0 Å². The zero-order valence-electron chi connectivity index (χ0n) is 11.9. The van der Waals surface area contributed by atoms with E-state index in [1.807, 2.05) is 19.3 Å². The van der Waals surface area contributed by atoms with E-state index >= 15 is 0 Å². The van der Waals surface area contributed by atoms with Gasteiger partial charge in [0.1, 0.15) is 0 Å². The Balaban J connectivity index is 2.19. The summed E-state index contributed by atoms with van der Waals surface area (Å²) in [5.41, 5.74) is 3.02. The topological polar surface area (TPSA) is 67.2 Å². The standard InChI is InChI=1S/C15H19N3O2/c1-10(2)14-11(9-18(3)17-14)8-16-13-7-5-4-6-12(13)15(19)20/h4-7,9-10,16H,8H2,1-3H3,(H,19,20). The van der Waals surface area contributed by atoms with Gasteiger partial charge in [-0.05, 0) is 18.1 Å². The normalized spacial score (nSPS) is 10.8. The van der Waals surface area contributed by atoms with Crippen molar-refractivity contribution < 1.29 is 9.90 Å². The maximum atomic E-state index is 11.2. The molecule has 0 unspecified atom stereocenters. The second-order valence-corrected chi connectivity index (χ2v) is 5.07. The molecule has 0 fully saturated rings. The Morgan fingerprint density at radius 1 is 1.40 bits per heavy atom. The first-order valence-electron chi connectivity index (χ1n) is 6.57. The summed E-state index contributed by atoms with van der Waals surface area (Å²) in [6, 6.07) is 6.91. The van der Waals surface area contributed by atoms with Crippen molar-refractivity contribution in [2.75, 3.05) is 5.32 Å². The van der Waals surface area contributed by atoms with Crippen molar-refractivity contribution in [1.29, 1.82) is 0 Å². The van der Waals surface area contributed by atoms with Gasteiger partial charge in [-0.3, -0.25) is 4.68 Å². The molecule has 0 spiro atoms. The van der Waals surface area contributed by atoms with Crippen molar-refractivity contribution in [3.05, 3.63) is 47.3 Å². The molecule has 1 aromatic heterocycles. The van der Waals surface area contributed by atoms with Crippen molar-refractivity contribution in [2.24, 2.45) is 7.05 Å². The molecule has 2 N–H and O–H groups in total. The lowest BCUT2D eigenvalue weighted by molar-refractivity contribution is 0.0698. The number of rotatable bonds is 5. The second-order valence-electron chi connectivity index (χ2n) is 5.07. The fourth-order valence-corrected chi connectivity index (χ4v) is 2.19. The van der Waals surface area contributed by atoms with E-state index in [9.17, 15) is 4.79 Å². The first kappa shape index (κ1) is 14.1. The summed E-state index contributed by atoms with van der Waals surface area (Å²) < 4.78 is 1.79. The highest BCUT2D eigenvalue weighted by molar-refractivity contribution is 5.94. The minimum absolute atomic E-state index is 0.280. The highest BCUT2D eigenvalue weighted by atomic mass is 16.4. The zero-order chi connectivity index (χ0) is 14.7. The van der Waals surface area contributed by atoms with Gasteiger partial charge in [0.25, 0.3) is 0 Å². The van der Waals surface area contributed by atoms with E-state index in [1.165, 1.54) is 0 Å². The van der Waals surface area contributed by atoms with Gasteiger partial charge in [0, 0.05) is 31.0 Å². The van der Waals surface area contributed by atoms with E-state index in [2.05, 4.69) is 24.3 Å². The maximum absolute atomic E-state index is 11.2. The van der Waals surface area contributed by atoms with Gasteiger partial charge in [0.05, 0.1) is 11.3 Å². The molecule has 20 heavy (non-hydrogen) atoms. The van der Waals surface area contributed by atoms with Crippen LogP contribution in [0.15, 0.2) is 30.5 Å². The number of carbonyl (C=O) groups is 1. The monoisotopic (exact) mass is 273 g/mol. The van der Waals surface area contributed by atoms with Crippen molar-refractivity contribution in [3.63, 3.8) is 0 Å². The van der Waals surface area contributed by atoms with Gasteiger partial charge in [-0.25, -0.2) is 4.79 Å². The summed E-state index contributed by atoms with van der Waals surface area (Å²) in [6.45, 7) is 4.75. The summed E-state index contributed by atoms with van der Waals surface area (Å²) in [5, 5.41) is 16.8. The molecular weight excluding hydrogens is 254 g/mol. The molecular formula is C15H19N3O2. The molecule has 5 heteroatoms. The van der Waals surface area contributed by atoms with Crippen LogP contribution in [0.3, 0.4) is 0 Å². The summed E-state index contributed by atoms with van der Waals surface area (Å²) in [7, 11) is 1.89. The molecule has 0 radical (unpaired) electrons. The number of anilines is 1. The number of carboxylic acids is 1. The van der Waals surface area contributed by atoms with Crippen LogP contribution in [0.2, 0.25) is 0 Å². The average molecular weight is 273 g/mol. The van der Waals surface area contributed by atoms with Gasteiger partial charge in [-0.1, -0.05) is 26.0 Å². The quantitative estimate of drug-likeness (QED) is 0.879. The molecule has 0 aliphatic carbocycles. The van der Waals surface area contributed by atoms with Crippen LogP contribution in [0.4, 0.5) is 5.69 Å². The number of para-hydroxylation sites is 1. The lowest BCUT2D eigenvalue weighted by Gasteiger charge is -2.10. The molecule has 0 atom stereocenters. The predicted octanol–water partition coefficient (Wildman–Crippen LogP) is 2.85. The third-order valence-corrected chi connectivity index (χ3v) is 3.11. The van der Waals surface area contributed by atoms with Gasteiger partial charge in [0.15, 0.2) is 0 Å². The van der Waals surface area contributed by atoms with Crippen LogP contribution in [0, 0.1) is 0 Å². The van der Waals surface area contributed by atoms with Crippen LogP contribution in [-0.2, 0) is 13.6 Å². The van der Waals surface area contributed by atoms with E-state index < -0.39 is 5.97 Å². The highest BCUT2D eigenvalue weighted by Gasteiger charge is 2.13. The molecule has 1 heterocycles. The number of aromatic carboxylic acids is 1. The molecule has 0 saturated carbocycles. The minimum Gasteiger partial charge on any atom is -0.478 e. The van der Waals surface area contributed by atoms with E-state index in [-0.39, 0.29) is 5.56 Å². The summed E-state index contributed by atoms with van der Waals surface area (Å²) in [4.78, 5) is 11.2. The van der Waals surface area contributed by atoms with Gasteiger partial charge in [-0.15, -0.1) is 0 Å². The van der Waals surface area contributed by atoms with E-state index in [4.69, 9.17) is 5.11 Å². The Morgan fingerprint density at radius 2 is 2.10 bits per heavy atom. The molecule has 0 amide bonds. The molecule has 5 nitrogen and oxygen atoms in total. The Labute approximate surface area is 118 Å². The van der Waals surface area contributed by atoms with Gasteiger partial charge < -0.3 is 10.4 Å². The first-order chi connectivity index (χ1) is 9.49. The number of benzene rings is 1. The number of hydrogen-bond acceptors (Lipinski definition) is 3. The number of hydrogen-bond donors (Lipinski definition) is 2. The van der Waals surface area contributed by atoms with Gasteiger partial charge in [-0.2, -0.15) is 5.10 Å². The van der Waals surface area contributed by atoms with Crippen LogP contribution < -0.4 is 5.32 Å². The molecule has 106 valence electrons. The second kappa shape index (κ2) is 5.77.